The van der Waals surface area contributed by atoms with Gasteiger partial charge in [0.25, 0.3) is 0 Å². The van der Waals surface area contributed by atoms with Crippen LogP contribution in [0.4, 0.5) is 0 Å². The molecule has 4 heteroatoms. The van der Waals surface area contributed by atoms with Crippen molar-refractivity contribution in [3.8, 4) is 0 Å². The lowest BCUT2D eigenvalue weighted by Crippen LogP contribution is -2.20. The van der Waals surface area contributed by atoms with E-state index in [1.54, 1.807) is 18.4 Å². The zero-order chi connectivity index (χ0) is 11.1. The number of aryl methyl sites for hydroxylation is 1. The first-order chi connectivity index (χ1) is 7.22. The number of ether oxygens (including phenoxy) is 1. The Morgan fingerprint density at radius 1 is 1.67 bits per heavy atom. The third-order valence-electron chi connectivity index (χ3n) is 1.91. The second kappa shape index (κ2) is 6.71. The van der Waals surface area contributed by atoms with Crippen molar-refractivity contribution in [2.24, 2.45) is 0 Å². The fourth-order valence-electron chi connectivity index (χ4n) is 1.20. The molecule has 1 rings (SSSR count). The first kappa shape index (κ1) is 12.4. The van der Waals surface area contributed by atoms with Gasteiger partial charge in [-0.1, -0.05) is 5.57 Å². The molecule has 1 aromatic rings. The zero-order valence-corrected chi connectivity index (χ0v) is 10.4. The van der Waals surface area contributed by atoms with Crippen LogP contribution in [0.15, 0.2) is 11.8 Å². The second-order valence-corrected chi connectivity index (χ2v) is 4.71. The summed E-state index contributed by atoms with van der Waals surface area (Å²) in [5, 5.41) is 4.42. The molecular formula is C11H18N2OS. The number of hydrogen-bond acceptors (Lipinski definition) is 4. The third kappa shape index (κ3) is 5.06. The second-order valence-electron chi connectivity index (χ2n) is 3.44. The Morgan fingerprint density at radius 3 is 3.07 bits per heavy atom. The summed E-state index contributed by atoms with van der Waals surface area (Å²) in [6, 6.07) is 0. The monoisotopic (exact) mass is 226 g/mol. The number of hydrogen-bond donors (Lipinski definition) is 1. The topological polar surface area (TPSA) is 34.1 Å². The first-order valence-electron chi connectivity index (χ1n) is 5.01. The molecule has 0 aromatic carbocycles. The van der Waals surface area contributed by atoms with Gasteiger partial charge in [-0.3, -0.25) is 0 Å². The third-order valence-corrected chi connectivity index (χ3v) is 2.77. The van der Waals surface area contributed by atoms with Gasteiger partial charge in [0.15, 0.2) is 0 Å². The van der Waals surface area contributed by atoms with Crippen molar-refractivity contribution in [2.45, 2.75) is 13.8 Å². The molecule has 3 nitrogen and oxygen atoms in total. The normalized spacial score (nSPS) is 12.1. The molecule has 1 N–H and O–H groups in total. The van der Waals surface area contributed by atoms with E-state index in [-0.39, 0.29) is 0 Å². The van der Waals surface area contributed by atoms with Gasteiger partial charge < -0.3 is 10.1 Å². The summed E-state index contributed by atoms with van der Waals surface area (Å²) in [6.07, 6.45) is 4.09. The number of rotatable bonds is 6. The maximum Gasteiger partial charge on any atom is 0.0900 e. The molecule has 1 heterocycles. The van der Waals surface area contributed by atoms with Crippen molar-refractivity contribution in [3.05, 3.63) is 21.7 Å². The molecule has 0 spiro atoms. The molecule has 1 aromatic heterocycles. The van der Waals surface area contributed by atoms with Gasteiger partial charge in [0.05, 0.1) is 11.6 Å². The molecule has 84 valence electrons. The maximum absolute atomic E-state index is 4.96. The van der Waals surface area contributed by atoms with Crippen LogP contribution < -0.4 is 5.32 Å². The van der Waals surface area contributed by atoms with Gasteiger partial charge in [-0.15, -0.1) is 11.3 Å². The highest BCUT2D eigenvalue weighted by molar-refractivity contribution is 7.12. The summed E-state index contributed by atoms with van der Waals surface area (Å²) in [5.41, 5.74) is 1.31. The standard InChI is InChI=1S/C11H18N2OS/c1-9(7-12-4-5-14-3)6-11-8-13-10(2)15-11/h6,8,12H,4-5,7H2,1-3H3. The summed E-state index contributed by atoms with van der Waals surface area (Å²) in [7, 11) is 1.71. The lowest BCUT2D eigenvalue weighted by molar-refractivity contribution is 0.200. The molecule has 0 amide bonds. The molecule has 15 heavy (non-hydrogen) atoms. The summed E-state index contributed by atoms with van der Waals surface area (Å²) in [5.74, 6) is 0. The number of methoxy groups -OCH3 is 1. The Hall–Kier alpha value is -0.710. The molecule has 0 aliphatic heterocycles. The van der Waals surface area contributed by atoms with Crippen LogP contribution in [0.1, 0.15) is 16.8 Å². The summed E-state index contributed by atoms with van der Waals surface area (Å²) in [6.45, 7) is 6.69. The highest BCUT2D eigenvalue weighted by Gasteiger charge is 1.95. The average molecular weight is 226 g/mol. The SMILES string of the molecule is COCCNCC(C)=Cc1cnc(C)s1. The largest absolute Gasteiger partial charge is 0.383 e. The number of thiazole rings is 1. The van der Waals surface area contributed by atoms with Gasteiger partial charge in [-0.05, 0) is 19.9 Å². The predicted molar refractivity (Wildman–Crippen MR) is 65.2 cm³/mol. The average Bonchev–Trinajstić information content (AvgIpc) is 2.59. The highest BCUT2D eigenvalue weighted by Crippen LogP contribution is 2.14. The van der Waals surface area contributed by atoms with Crippen LogP contribution in [0.25, 0.3) is 6.08 Å². The van der Waals surface area contributed by atoms with Gasteiger partial charge in [0.1, 0.15) is 0 Å². The predicted octanol–water partition coefficient (Wildman–Crippen LogP) is 2.09. The van der Waals surface area contributed by atoms with Crippen LogP contribution in [0.3, 0.4) is 0 Å². The van der Waals surface area contributed by atoms with E-state index in [0.29, 0.717) is 0 Å². The highest BCUT2D eigenvalue weighted by atomic mass is 32.1. The lowest BCUT2D eigenvalue weighted by Gasteiger charge is -2.03. The van der Waals surface area contributed by atoms with E-state index in [1.165, 1.54) is 10.5 Å². The Labute approximate surface area is 95.2 Å². The number of nitrogens with zero attached hydrogens (tertiary/aromatic N) is 1. The van der Waals surface area contributed by atoms with Crippen LogP contribution in [0.5, 0.6) is 0 Å². The van der Waals surface area contributed by atoms with Crippen molar-refractivity contribution < 1.29 is 4.74 Å². The van der Waals surface area contributed by atoms with E-state index in [9.17, 15) is 0 Å². The molecule has 0 aliphatic rings. The van der Waals surface area contributed by atoms with E-state index < -0.39 is 0 Å². The van der Waals surface area contributed by atoms with Gasteiger partial charge in [-0.2, -0.15) is 0 Å². The molecule has 0 fully saturated rings. The van der Waals surface area contributed by atoms with Crippen LogP contribution in [-0.4, -0.2) is 31.8 Å². The van der Waals surface area contributed by atoms with Crippen LogP contribution in [-0.2, 0) is 4.74 Å². The minimum Gasteiger partial charge on any atom is -0.383 e. The fourth-order valence-corrected chi connectivity index (χ4v) is 2.01. The maximum atomic E-state index is 4.96. The van der Waals surface area contributed by atoms with E-state index in [2.05, 4.69) is 23.3 Å². The van der Waals surface area contributed by atoms with Crippen molar-refractivity contribution >= 4 is 17.4 Å². The molecule has 0 bridgehead atoms. The zero-order valence-electron chi connectivity index (χ0n) is 9.54. The Balaban J connectivity index is 2.33. The van der Waals surface area contributed by atoms with Crippen LogP contribution in [0, 0.1) is 6.92 Å². The molecule has 0 saturated heterocycles. The van der Waals surface area contributed by atoms with Gasteiger partial charge in [-0.25, -0.2) is 4.98 Å². The van der Waals surface area contributed by atoms with Crippen molar-refractivity contribution in [1.29, 1.82) is 0 Å². The Morgan fingerprint density at radius 2 is 2.47 bits per heavy atom. The molecule has 0 saturated carbocycles. The quantitative estimate of drug-likeness (QED) is 0.754. The summed E-state index contributed by atoms with van der Waals surface area (Å²) < 4.78 is 4.96. The molecule has 0 radical (unpaired) electrons. The first-order valence-corrected chi connectivity index (χ1v) is 5.83. The van der Waals surface area contributed by atoms with E-state index in [0.717, 1.165) is 24.7 Å². The van der Waals surface area contributed by atoms with Crippen molar-refractivity contribution in [1.82, 2.24) is 10.3 Å². The molecular weight excluding hydrogens is 208 g/mol. The smallest absolute Gasteiger partial charge is 0.0900 e. The number of aromatic nitrogens is 1. The van der Waals surface area contributed by atoms with Gasteiger partial charge in [0, 0.05) is 31.3 Å². The minimum absolute atomic E-state index is 0.757. The minimum atomic E-state index is 0.757. The Kier molecular flexibility index (Phi) is 5.53. The van der Waals surface area contributed by atoms with Crippen molar-refractivity contribution in [3.63, 3.8) is 0 Å². The molecule has 0 unspecified atom stereocenters. The van der Waals surface area contributed by atoms with E-state index >= 15 is 0 Å². The Bertz CT molecular complexity index is 320. The van der Waals surface area contributed by atoms with Gasteiger partial charge >= 0.3 is 0 Å². The van der Waals surface area contributed by atoms with Crippen molar-refractivity contribution in [2.75, 3.05) is 26.8 Å². The number of nitrogens with one attached hydrogen (secondary N) is 1. The lowest BCUT2D eigenvalue weighted by atomic mass is 10.2. The van der Waals surface area contributed by atoms with Crippen LogP contribution >= 0.6 is 11.3 Å². The summed E-state index contributed by atoms with van der Waals surface area (Å²) >= 11 is 1.72. The molecule has 0 aliphatic carbocycles. The molecule has 0 atom stereocenters. The fraction of sp³-hybridized carbons (Fsp3) is 0.545. The van der Waals surface area contributed by atoms with E-state index in [1.807, 2.05) is 13.1 Å². The van der Waals surface area contributed by atoms with Gasteiger partial charge in [0.2, 0.25) is 0 Å². The van der Waals surface area contributed by atoms with Crippen LogP contribution in [0.2, 0.25) is 0 Å². The summed E-state index contributed by atoms with van der Waals surface area (Å²) in [4.78, 5) is 5.43. The van der Waals surface area contributed by atoms with E-state index in [4.69, 9.17) is 4.74 Å².